The zero-order valence-electron chi connectivity index (χ0n) is 8.39. The number of carbonyl (C=O) groups is 2. The number of benzene rings is 1. The van der Waals surface area contributed by atoms with Crippen LogP contribution in [0, 0.1) is 0 Å². The molecule has 1 atom stereocenters. The standard InChI is InChI=1S/C11H10ClNO3/c12-7-1-3-8(4-2-7)13-9(11(15)16)5-6-10(13)14/h1-4,9H,5-6H2,(H,15,16)/t9-/m1/s1. The molecule has 1 saturated heterocycles. The Bertz CT molecular complexity index is 429. The molecule has 0 unspecified atom stereocenters. The monoisotopic (exact) mass is 239 g/mol. The van der Waals surface area contributed by atoms with Gasteiger partial charge in [-0.15, -0.1) is 0 Å². The van der Waals surface area contributed by atoms with Crippen molar-refractivity contribution < 1.29 is 14.7 Å². The van der Waals surface area contributed by atoms with Crippen LogP contribution in [0.25, 0.3) is 0 Å². The number of carbonyl (C=O) groups excluding carboxylic acids is 1. The van der Waals surface area contributed by atoms with Crippen molar-refractivity contribution in [3.05, 3.63) is 29.3 Å². The number of aliphatic carboxylic acids is 1. The van der Waals surface area contributed by atoms with Crippen molar-refractivity contribution in [2.45, 2.75) is 18.9 Å². The van der Waals surface area contributed by atoms with Crippen LogP contribution >= 0.6 is 11.6 Å². The van der Waals surface area contributed by atoms with Crippen LogP contribution in [0.1, 0.15) is 12.8 Å². The number of carboxylic acids is 1. The van der Waals surface area contributed by atoms with Crippen LogP contribution in [0.5, 0.6) is 0 Å². The van der Waals surface area contributed by atoms with E-state index in [2.05, 4.69) is 0 Å². The molecule has 84 valence electrons. The number of hydrogen-bond acceptors (Lipinski definition) is 2. The van der Waals surface area contributed by atoms with Crippen molar-refractivity contribution in [3.63, 3.8) is 0 Å². The summed E-state index contributed by atoms with van der Waals surface area (Å²) in [7, 11) is 0. The molecule has 5 heteroatoms. The molecule has 0 saturated carbocycles. The van der Waals surface area contributed by atoms with Gasteiger partial charge in [0.1, 0.15) is 6.04 Å². The van der Waals surface area contributed by atoms with Crippen molar-refractivity contribution in [2.75, 3.05) is 4.90 Å². The maximum Gasteiger partial charge on any atom is 0.326 e. The number of amides is 1. The number of carboxylic acid groups (broad SMARTS) is 1. The van der Waals surface area contributed by atoms with E-state index in [-0.39, 0.29) is 12.3 Å². The number of nitrogens with zero attached hydrogens (tertiary/aromatic N) is 1. The van der Waals surface area contributed by atoms with Gasteiger partial charge in [0.25, 0.3) is 0 Å². The number of anilines is 1. The summed E-state index contributed by atoms with van der Waals surface area (Å²) in [5, 5.41) is 9.56. The molecule has 0 radical (unpaired) electrons. The van der Waals surface area contributed by atoms with E-state index < -0.39 is 12.0 Å². The van der Waals surface area contributed by atoms with Crippen molar-refractivity contribution in [2.24, 2.45) is 0 Å². The third kappa shape index (κ3) is 1.88. The van der Waals surface area contributed by atoms with Crippen LogP contribution in [-0.4, -0.2) is 23.0 Å². The number of rotatable bonds is 2. The lowest BCUT2D eigenvalue weighted by atomic mass is 10.2. The highest BCUT2D eigenvalue weighted by atomic mass is 35.5. The zero-order valence-corrected chi connectivity index (χ0v) is 9.15. The van der Waals surface area contributed by atoms with E-state index >= 15 is 0 Å². The summed E-state index contributed by atoms with van der Waals surface area (Å²) >= 11 is 5.73. The molecule has 0 spiro atoms. The normalized spacial score (nSPS) is 20.2. The smallest absolute Gasteiger partial charge is 0.326 e. The van der Waals surface area contributed by atoms with E-state index in [1.165, 1.54) is 4.90 Å². The molecular weight excluding hydrogens is 230 g/mol. The molecule has 1 fully saturated rings. The fourth-order valence-electron chi connectivity index (χ4n) is 1.84. The summed E-state index contributed by atoms with van der Waals surface area (Å²) in [5.41, 5.74) is 0.583. The predicted octanol–water partition coefficient (Wildman–Crippen LogP) is 1.92. The summed E-state index contributed by atoms with van der Waals surface area (Å²) in [6.07, 6.45) is 0.635. The van der Waals surface area contributed by atoms with E-state index in [9.17, 15) is 9.59 Å². The van der Waals surface area contributed by atoms with Gasteiger partial charge in [0, 0.05) is 17.1 Å². The van der Waals surface area contributed by atoms with E-state index in [4.69, 9.17) is 16.7 Å². The first-order chi connectivity index (χ1) is 7.59. The Balaban J connectivity index is 2.33. The van der Waals surface area contributed by atoms with Crippen molar-refractivity contribution in [3.8, 4) is 0 Å². The van der Waals surface area contributed by atoms with Gasteiger partial charge in [-0.1, -0.05) is 11.6 Å². The van der Waals surface area contributed by atoms with Crippen molar-refractivity contribution >= 4 is 29.2 Å². The average Bonchev–Trinajstić information content (AvgIpc) is 2.62. The maximum absolute atomic E-state index is 11.6. The summed E-state index contributed by atoms with van der Waals surface area (Å²) in [6.45, 7) is 0. The van der Waals surface area contributed by atoms with Gasteiger partial charge in [-0.05, 0) is 30.7 Å². The van der Waals surface area contributed by atoms with Gasteiger partial charge >= 0.3 is 5.97 Å². The first kappa shape index (κ1) is 11.0. The molecule has 1 aliphatic rings. The highest BCUT2D eigenvalue weighted by Crippen LogP contribution is 2.27. The minimum Gasteiger partial charge on any atom is -0.480 e. The average molecular weight is 240 g/mol. The van der Waals surface area contributed by atoms with Gasteiger partial charge in [-0.25, -0.2) is 4.79 Å². The van der Waals surface area contributed by atoms with Crippen LogP contribution in [0.4, 0.5) is 5.69 Å². The van der Waals surface area contributed by atoms with Gasteiger partial charge in [0.05, 0.1) is 0 Å². The molecule has 1 aromatic carbocycles. The molecule has 1 amide bonds. The lowest BCUT2D eigenvalue weighted by molar-refractivity contribution is -0.138. The van der Waals surface area contributed by atoms with Gasteiger partial charge < -0.3 is 5.11 Å². The summed E-state index contributed by atoms with van der Waals surface area (Å²) in [5.74, 6) is -1.13. The predicted molar refractivity (Wildman–Crippen MR) is 59.6 cm³/mol. The second-order valence-electron chi connectivity index (χ2n) is 3.63. The first-order valence-electron chi connectivity index (χ1n) is 4.90. The first-order valence-corrected chi connectivity index (χ1v) is 5.28. The third-order valence-corrected chi connectivity index (χ3v) is 2.85. The number of hydrogen-bond donors (Lipinski definition) is 1. The summed E-state index contributed by atoms with van der Waals surface area (Å²) < 4.78 is 0. The van der Waals surface area contributed by atoms with Crippen LogP contribution in [0.15, 0.2) is 24.3 Å². The van der Waals surface area contributed by atoms with Gasteiger partial charge in [-0.2, -0.15) is 0 Å². The van der Waals surface area contributed by atoms with Gasteiger partial charge in [0.2, 0.25) is 5.91 Å². The van der Waals surface area contributed by atoms with E-state index in [0.29, 0.717) is 17.1 Å². The van der Waals surface area contributed by atoms with Crippen molar-refractivity contribution in [1.82, 2.24) is 0 Å². The largest absolute Gasteiger partial charge is 0.480 e. The Morgan fingerprint density at radius 1 is 1.38 bits per heavy atom. The Labute approximate surface area is 97.4 Å². The highest BCUT2D eigenvalue weighted by molar-refractivity contribution is 6.30. The fourth-order valence-corrected chi connectivity index (χ4v) is 1.97. The lowest BCUT2D eigenvalue weighted by Gasteiger charge is -2.21. The second kappa shape index (κ2) is 4.14. The quantitative estimate of drug-likeness (QED) is 0.858. The minimum absolute atomic E-state index is 0.158. The molecule has 2 rings (SSSR count). The van der Waals surface area contributed by atoms with E-state index in [0.717, 1.165) is 0 Å². The molecule has 0 bridgehead atoms. The molecule has 1 N–H and O–H groups in total. The fraction of sp³-hybridized carbons (Fsp3) is 0.273. The Kier molecular flexibility index (Phi) is 2.83. The molecule has 1 aromatic rings. The molecule has 4 nitrogen and oxygen atoms in total. The summed E-state index contributed by atoms with van der Waals surface area (Å²) in [4.78, 5) is 23.9. The Morgan fingerprint density at radius 2 is 2.00 bits per heavy atom. The van der Waals surface area contributed by atoms with E-state index in [1.807, 2.05) is 0 Å². The maximum atomic E-state index is 11.6. The Hall–Kier alpha value is -1.55. The molecular formula is C11H10ClNO3. The summed E-state index contributed by atoms with van der Waals surface area (Å²) in [6, 6.07) is 5.83. The highest BCUT2D eigenvalue weighted by Gasteiger charge is 2.36. The molecule has 0 aromatic heterocycles. The van der Waals surface area contributed by atoms with Crippen LogP contribution < -0.4 is 4.90 Å². The van der Waals surface area contributed by atoms with Gasteiger partial charge in [0.15, 0.2) is 0 Å². The molecule has 1 heterocycles. The Morgan fingerprint density at radius 3 is 2.56 bits per heavy atom. The molecule has 1 aliphatic heterocycles. The van der Waals surface area contributed by atoms with Crippen molar-refractivity contribution in [1.29, 1.82) is 0 Å². The minimum atomic E-state index is -0.971. The topological polar surface area (TPSA) is 57.6 Å². The second-order valence-corrected chi connectivity index (χ2v) is 4.07. The van der Waals surface area contributed by atoms with E-state index in [1.54, 1.807) is 24.3 Å². The van der Waals surface area contributed by atoms with Crippen LogP contribution in [0.3, 0.4) is 0 Å². The SMILES string of the molecule is O=C(O)[C@H]1CCC(=O)N1c1ccc(Cl)cc1. The van der Waals surface area contributed by atoms with Gasteiger partial charge in [-0.3, -0.25) is 9.69 Å². The molecule has 16 heavy (non-hydrogen) atoms. The number of halogens is 1. The zero-order chi connectivity index (χ0) is 11.7. The molecule has 0 aliphatic carbocycles. The lowest BCUT2D eigenvalue weighted by Crippen LogP contribution is -2.38. The van der Waals surface area contributed by atoms with Crippen LogP contribution in [-0.2, 0) is 9.59 Å². The van der Waals surface area contributed by atoms with Crippen LogP contribution in [0.2, 0.25) is 5.02 Å². The third-order valence-electron chi connectivity index (χ3n) is 2.60.